The number of nitrogens with two attached hydrogens (primary N) is 1. The summed E-state index contributed by atoms with van der Waals surface area (Å²) in [6, 6.07) is 6.89. The summed E-state index contributed by atoms with van der Waals surface area (Å²) >= 11 is 0. The number of aromatic amines is 1. The minimum absolute atomic E-state index is 0.0782. The molecule has 1 atom stereocenters. The van der Waals surface area contributed by atoms with Crippen LogP contribution in [0.3, 0.4) is 0 Å². The first-order chi connectivity index (χ1) is 11.9. The number of H-pyrrole nitrogens is 1. The summed E-state index contributed by atoms with van der Waals surface area (Å²) in [6.07, 6.45) is 4.75. The minimum Gasteiger partial charge on any atom is -0.481 e. The second-order valence-corrected chi connectivity index (χ2v) is 6.72. The van der Waals surface area contributed by atoms with Crippen molar-refractivity contribution in [3.8, 4) is 0 Å². The van der Waals surface area contributed by atoms with Crippen molar-refractivity contribution in [3.05, 3.63) is 35.5 Å². The number of nitrogens with one attached hydrogen (secondary N) is 2. The Kier molecular flexibility index (Phi) is 4.94. The van der Waals surface area contributed by atoms with Crippen LogP contribution in [0.15, 0.2) is 24.4 Å². The summed E-state index contributed by atoms with van der Waals surface area (Å²) in [5, 5.41) is 11.5. The number of carbonyl (C=O) groups excluding carboxylic acids is 1. The molecule has 0 unspecified atom stereocenters. The third-order valence-electron chi connectivity index (χ3n) is 4.61. The number of carboxylic acid groups (broad SMARTS) is 1. The number of hydrogen-bond donors (Lipinski definition) is 4. The maximum atomic E-state index is 11.1. The van der Waals surface area contributed by atoms with Crippen LogP contribution in [-0.4, -0.2) is 40.8 Å². The van der Waals surface area contributed by atoms with Crippen LogP contribution in [0.25, 0.3) is 10.9 Å². The van der Waals surface area contributed by atoms with Crippen LogP contribution >= 0.6 is 0 Å². The normalized spacial score (nSPS) is 24.7. The second-order valence-electron chi connectivity index (χ2n) is 6.72. The lowest BCUT2D eigenvalue weighted by molar-refractivity contribution is -0.134. The number of hydrogen-bond acceptors (Lipinski definition) is 4. The van der Waals surface area contributed by atoms with E-state index in [9.17, 15) is 4.79 Å². The predicted octanol–water partition coefficient (Wildman–Crippen LogP) is 2.11. The topological polar surface area (TPSA) is 117 Å². The van der Waals surface area contributed by atoms with Crippen molar-refractivity contribution in [2.45, 2.75) is 44.2 Å². The molecule has 5 N–H and O–H groups in total. The lowest BCUT2D eigenvalue weighted by Crippen LogP contribution is -2.34. The Morgan fingerprint density at radius 3 is 2.72 bits per heavy atom. The molecule has 2 heterocycles. The van der Waals surface area contributed by atoms with Gasteiger partial charge in [0.05, 0.1) is 6.04 Å². The monoisotopic (exact) mass is 345 g/mol. The Balaban J connectivity index is 0.000000415. The zero-order valence-corrected chi connectivity index (χ0v) is 14.1. The van der Waals surface area contributed by atoms with E-state index in [0.29, 0.717) is 18.6 Å². The highest BCUT2D eigenvalue weighted by molar-refractivity contribution is 5.84. The molecule has 0 spiro atoms. The Labute approximate surface area is 145 Å². The van der Waals surface area contributed by atoms with Gasteiger partial charge in [0.1, 0.15) is 6.61 Å². The van der Waals surface area contributed by atoms with Crippen LogP contribution in [-0.2, 0) is 16.0 Å². The fraction of sp³-hybridized carbons (Fsp3) is 0.444. The molecule has 0 radical (unpaired) electrons. The number of ether oxygens (including phenoxy) is 1. The molecular formula is C18H23N3O4. The summed E-state index contributed by atoms with van der Waals surface area (Å²) in [4.78, 5) is 23.4. The van der Waals surface area contributed by atoms with E-state index in [2.05, 4.69) is 34.7 Å². The molecule has 1 saturated heterocycles. The average molecular weight is 345 g/mol. The summed E-state index contributed by atoms with van der Waals surface area (Å²) in [6.45, 7) is 1.54. The first kappa shape index (κ1) is 17.3. The van der Waals surface area contributed by atoms with Crippen molar-refractivity contribution in [1.82, 2.24) is 10.3 Å². The van der Waals surface area contributed by atoms with Gasteiger partial charge in [0.2, 0.25) is 0 Å². The van der Waals surface area contributed by atoms with Gasteiger partial charge in [0.15, 0.2) is 0 Å². The summed E-state index contributed by atoms with van der Waals surface area (Å²) in [5.74, 6) is -0.251. The zero-order chi connectivity index (χ0) is 18.0. The van der Waals surface area contributed by atoms with Crippen LogP contribution < -0.4 is 11.1 Å². The molecule has 0 bridgehead atoms. The number of alkyl carbamates (subject to hydrolysis) is 1. The number of aromatic nitrogens is 1. The van der Waals surface area contributed by atoms with E-state index in [1.807, 2.05) is 0 Å². The standard InChI is InChI=1S/C16H19N3O2.C2H4O2/c17-11-5-10(6-11)14-7-18-15-2-1-9(4-13(14)15)3-12-8-21-16(20)19-12;1-2(3)4/h1-2,4,7,10-12,18H,3,5-6,8,17H2,(H,19,20);1H3,(H,3,4)/t10?,11?,12-;/m0./s1. The minimum atomic E-state index is -0.833. The third-order valence-corrected chi connectivity index (χ3v) is 4.61. The van der Waals surface area contributed by atoms with Gasteiger partial charge in [-0.15, -0.1) is 0 Å². The number of carbonyl (C=O) groups is 2. The van der Waals surface area contributed by atoms with Crippen LogP contribution in [0.4, 0.5) is 4.79 Å². The van der Waals surface area contributed by atoms with Gasteiger partial charge in [-0.2, -0.15) is 0 Å². The summed E-state index contributed by atoms with van der Waals surface area (Å²) in [5.41, 5.74) is 9.67. The maximum absolute atomic E-state index is 11.1. The van der Waals surface area contributed by atoms with E-state index < -0.39 is 5.97 Å². The fourth-order valence-electron chi connectivity index (χ4n) is 3.39. The number of cyclic esters (lactones) is 1. The summed E-state index contributed by atoms with van der Waals surface area (Å²) < 4.78 is 4.94. The van der Waals surface area contributed by atoms with Crippen molar-refractivity contribution in [3.63, 3.8) is 0 Å². The fourth-order valence-corrected chi connectivity index (χ4v) is 3.39. The predicted molar refractivity (Wildman–Crippen MR) is 93.5 cm³/mol. The highest BCUT2D eigenvalue weighted by Crippen LogP contribution is 2.39. The molecule has 2 aromatic rings. The molecular weight excluding hydrogens is 322 g/mol. The second kappa shape index (κ2) is 7.14. The highest BCUT2D eigenvalue weighted by Gasteiger charge is 2.29. The molecule has 1 aromatic heterocycles. The highest BCUT2D eigenvalue weighted by atomic mass is 16.6. The van der Waals surface area contributed by atoms with Gasteiger partial charge in [-0.05, 0) is 48.4 Å². The molecule has 2 aliphatic rings. The van der Waals surface area contributed by atoms with Crippen molar-refractivity contribution >= 4 is 23.0 Å². The molecule has 2 fully saturated rings. The molecule has 1 aliphatic carbocycles. The summed E-state index contributed by atoms with van der Waals surface area (Å²) in [7, 11) is 0. The first-order valence-corrected chi connectivity index (χ1v) is 8.40. The van der Waals surface area contributed by atoms with E-state index in [1.165, 1.54) is 22.0 Å². The van der Waals surface area contributed by atoms with Crippen molar-refractivity contribution in [1.29, 1.82) is 0 Å². The van der Waals surface area contributed by atoms with Gasteiger partial charge in [-0.1, -0.05) is 6.07 Å². The van der Waals surface area contributed by atoms with Gasteiger partial charge in [-0.3, -0.25) is 4.79 Å². The number of fused-ring (bicyclic) bond motifs is 1. The van der Waals surface area contributed by atoms with Gasteiger partial charge >= 0.3 is 6.09 Å². The van der Waals surface area contributed by atoms with E-state index in [4.69, 9.17) is 20.4 Å². The van der Waals surface area contributed by atoms with Crippen LogP contribution in [0.5, 0.6) is 0 Å². The molecule has 1 aliphatic heterocycles. The van der Waals surface area contributed by atoms with Gasteiger partial charge < -0.3 is 25.9 Å². The number of amides is 1. The Hall–Kier alpha value is -2.54. The maximum Gasteiger partial charge on any atom is 0.407 e. The van der Waals surface area contributed by atoms with E-state index in [1.54, 1.807) is 0 Å². The van der Waals surface area contributed by atoms with Crippen molar-refractivity contribution in [2.24, 2.45) is 5.73 Å². The Bertz CT molecular complexity index is 776. The lowest BCUT2D eigenvalue weighted by Gasteiger charge is -2.32. The Morgan fingerprint density at radius 2 is 2.12 bits per heavy atom. The first-order valence-electron chi connectivity index (χ1n) is 8.40. The van der Waals surface area contributed by atoms with Gasteiger partial charge in [0, 0.05) is 30.1 Å². The zero-order valence-electron chi connectivity index (χ0n) is 14.1. The number of aliphatic carboxylic acids is 1. The quantitative estimate of drug-likeness (QED) is 0.680. The number of carboxylic acids is 1. The van der Waals surface area contributed by atoms with E-state index in [-0.39, 0.29) is 12.1 Å². The number of benzene rings is 1. The van der Waals surface area contributed by atoms with Gasteiger partial charge in [0.25, 0.3) is 5.97 Å². The van der Waals surface area contributed by atoms with Crippen molar-refractivity contribution in [2.75, 3.05) is 6.61 Å². The molecule has 7 heteroatoms. The SMILES string of the molecule is CC(=O)O.NC1CC(c2c[nH]c3ccc(C[C@H]4COC(=O)N4)cc23)C1. The molecule has 1 saturated carbocycles. The number of rotatable bonds is 3. The molecule has 1 amide bonds. The van der Waals surface area contributed by atoms with Crippen LogP contribution in [0.1, 0.15) is 36.8 Å². The molecule has 7 nitrogen and oxygen atoms in total. The largest absolute Gasteiger partial charge is 0.481 e. The van der Waals surface area contributed by atoms with Crippen molar-refractivity contribution < 1.29 is 19.4 Å². The van der Waals surface area contributed by atoms with E-state index >= 15 is 0 Å². The Morgan fingerprint density at radius 1 is 1.40 bits per heavy atom. The molecule has 25 heavy (non-hydrogen) atoms. The molecule has 1 aromatic carbocycles. The lowest BCUT2D eigenvalue weighted by atomic mass is 9.76. The van der Waals surface area contributed by atoms with Crippen LogP contribution in [0.2, 0.25) is 0 Å². The third kappa shape index (κ3) is 4.11. The average Bonchev–Trinajstić information content (AvgIpc) is 3.09. The van der Waals surface area contributed by atoms with Crippen LogP contribution in [0, 0.1) is 0 Å². The molecule has 4 rings (SSSR count). The van der Waals surface area contributed by atoms with E-state index in [0.717, 1.165) is 26.2 Å². The smallest absolute Gasteiger partial charge is 0.407 e. The van der Waals surface area contributed by atoms with Gasteiger partial charge in [-0.25, -0.2) is 4.79 Å². The molecule has 134 valence electrons.